The molecule has 0 aliphatic rings. The number of aromatic nitrogens is 3. The number of nitrogens with one attached hydrogen (secondary N) is 1. The van der Waals surface area contributed by atoms with Gasteiger partial charge in [-0.1, -0.05) is 26.0 Å². The molecule has 1 unspecified atom stereocenters. The second kappa shape index (κ2) is 5.18. The number of nitrogens with two attached hydrogens (primary N) is 1. The molecule has 18 heavy (non-hydrogen) atoms. The van der Waals surface area contributed by atoms with Gasteiger partial charge in [0.05, 0.1) is 13.2 Å². The molecule has 1 atom stereocenters. The predicted octanol–water partition coefficient (Wildman–Crippen LogP) is 2.14. The summed E-state index contributed by atoms with van der Waals surface area (Å²) in [5, 5.41) is 7.09. The zero-order chi connectivity index (χ0) is 13.1. The Morgan fingerprint density at radius 2 is 2.11 bits per heavy atom. The van der Waals surface area contributed by atoms with E-state index >= 15 is 0 Å². The van der Waals surface area contributed by atoms with Crippen LogP contribution >= 0.6 is 0 Å². The highest BCUT2D eigenvalue weighted by atomic mass is 16.5. The normalized spacial score (nSPS) is 12.7. The molecule has 5 heteroatoms. The van der Waals surface area contributed by atoms with Crippen LogP contribution in [-0.4, -0.2) is 22.3 Å². The average molecular weight is 246 g/mol. The van der Waals surface area contributed by atoms with Crippen LogP contribution in [0.4, 0.5) is 0 Å². The molecule has 96 valence electrons. The summed E-state index contributed by atoms with van der Waals surface area (Å²) in [6.07, 6.45) is 0. The van der Waals surface area contributed by atoms with E-state index in [4.69, 9.17) is 10.5 Å². The van der Waals surface area contributed by atoms with Crippen molar-refractivity contribution in [1.29, 1.82) is 0 Å². The van der Waals surface area contributed by atoms with Gasteiger partial charge in [0.2, 0.25) is 0 Å². The fourth-order valence-electron chi connectivity index (χ4n) is 1.63. The average Bonchev–Trinajstić information content (AvgIpc) is 2.87. The van der Waals surface area contributed by atoms with Crippen LogP contribution < -0.4 is 10.5 Å². The summed E-state index contributed by atoms with van der Waals surface area (Å²) in [6, 6.07) is 7.50. The van der Waals surface area contributed by atoms with E-state index in [0.29, 0.717) is 17.6 Å². The first-order valence-electron chi connectivity index (χ1n) is 5.94. The highest BCUT2D eigenvalue weighted by Gasteiger charge is 2.15. The fourth-order valence-corrected chi connectivity index (χ4v) is 1.63. The van der Waals surface area contributed by atoms with Crippen molar-refractivity contribution in [2.45, 2.75) is 19.9 Å². The van der Waals surface area contributed by atoms with Crippen LogP contribution in [0, 0.1) is 5.92 Å². The minimum atomic E-state index is -0.128. The van der Waals surface area contributed by atoms with E-state index in [0.717, 1.165) is 11.3 Å². The number of hydrogen-bond acceptors (Lipinski definition) is 4. The fraction of sp³-hybridized carbons (Fsp3) is 0.385. The zero-order valence-electron chi connectivity index (χ0n) is 10.8. The Labute approximate surface area is 106 Å². The number of H-pyrrole nitrogens is 1. The molecular formula is C13H18N4O. The van der Waals surface area contributed by atoms with Gasteiger partial charge in [0, 0.05) is 5.56 Å². The Kier molecular flexibility index (Phi) is 3.62. The second-order valence-electron chi connectivity index (χ2n) is 4.55. The second-order valence-corrected chi connectivity index (χ2v) is 4.55. The number of nitrogens with zero attached hydrogens (tertiary/aromatic N) is 2. The van der Waals surface area contributed by atoms with Crippen molar-refractivity contribution in [2.75, 3.05) is 7.11 Å². The third kappa shape index (κ3) is 2.51. The van der Waals surface area contributed by atoms with E-state index in [1.807, 2.05) is 24.3 Å². The van der Waals surface area contributed by atoms with Gasteiger partial charge in [-0.25, -0.2) is 4.98 Å². The van der Waals surface area contributed by atoms with Crippen LogP contribution in [-0.2, 0) is 0 Å². The van der Waals surface area contributed by atoms with Gasteiger partial charge in [-0.05, 0) is 18.1 Å². The lowest BCUT2D eigenvalue weighted by Crippen LogP contribution is -2.18. The molecule has 0 amide bonds. The van der Waals surface area contributed by atoms with Crippen molar-refractivity contribution in [1.82, 2.24) is 15.2 Å². The smallest absolute Gasteiger partial charge is 0.181 e. The maximum atomic E-state index is 6.03. The number of benzene rings is 1. The molecule has 0 bridgehead atoms. The molecule has 0 radical (unpaired) electrons. The molecule has 2 rings (SSSR count). The van der Waals surface area contributed by atoms with E-state index < -0.39 is 0 Å². The Morgan fingerprint density at radius 1 is 1.33 bits per heavy atom. The lowest BCUT2D eigenvalue weighted by Gasteiger charge is -2.11. The summed E-state index contributed by atoms with van der Waals surface area (Å²) in [7, 11) is 1.64. The monoisotopic (exact) mass is 246 g/mol. The number of hydrogen-bond donors (Lipinski definition) is 2. The molecule has 2 aromatic rings. The van der Waals surface area contributed by atoms with Crippen molar-refractivity contribution < 1.29 is 4.74 Å². The maximum Gasteiger partial charge on any atom is 0.181 e. The Morgan fingerprint density at radius 3 is 2.78 bits per heavy atom. The highest BCUT2D eigenvalue weighted by molar-refractivity contribution is 5.57. The van der Waals surface area contributed by atoms with Gasteiger partial charge in [-0.3, -0.25) is 5.10 Å². The zero-order valence-corrected chi connectivity index (χ0v) is 10.8. The summed E-state index contributed by atoms with van der Waals surface area (Å²) >= 11 is 0. The lowest BCUT2D eigenvalue weighted by atomic mass is 10.1. The van der Waals surface area contributed by atoms with Gasteiger partial charge < -0.3 is 10.5 Å². The number of methoxy groups -OCH3 is 1. The van der Waals surface area contributed by atoms with E-state index in [1.165, 1.54) is 0 Å². The first-order chi connectivity index (χ1) is 8.61. The SMILES string of the molecule is COc1cccc(-c2n[nH]c(C(N)C(C)C)n2)c1. The molecule has 0 saturated carbocycles. The van der Waals surface area contributed by atoms with Crippen LogP contribution in [0.25, 0.3) is 11.4 Å². The third-order valence-electron chi connectivity index (χ3n) is 2.86. The van der Waals surface area contributed by atoms with Gasteiger partial charge in [0.25, 0.3) is 0 Å². The van der Waals surface area contributed by atoms with Crippen molar-refractivity contribution in [3.05, 3.63) is 30.1 Å². The van der Waals surface area contributed by atoms with Crippen LogP contribution in [0.5, 0.6) is 5.75 Å². The van der Waals surface area contributed by atoms with Crippen molar-refractivity contribution in [3.63, 3.8) is 0 Å². The van der Waals surface area contributed by atoms with E-state index in [-0.39, 0.29) is 6.04 Å². The minimum Gasteiger partial charge on any atom is -0.497 e. The van der Waals surface area contributed by atoms with Crippen molar-refractivity contribution in [2.24, 2.45) is 11.7 Å². The summed E-state index contributed by atoms with van der Waals surface area (Å²) in [5.74, 6) is 2.45. The molecule has 1 heterocycles. The standard InChI is InChI=1S/C13H18N4O/c1-8(2)11(14)13-15-12(16-17-13)9-5-4-6-10(7-9)18-3/h4-8,11H,14H2,1-3H3,(H,15,16,17). The molecule has 0 aliphatic carbocycles. The van der Waals surface area contributed by atoms with Gasteiger partial charge in [-0.2, -0.15) is 5.10 Å². The van der Waals surface area contributed by atoms with Crippen LogP contribution in [0.15, 0.2) is 24.3 Å². The predicted molar refractivity (Wildman–Crippen MR) is 70.1 cm³/mol. The topological polar surface area (TPSA) is 76.8 Å². The summed E-state index contributed by atoms with van der Waals surface area (Å²) in [6.45, 7) is 4.11. The molecule has 0 saturated heterocycles. The number of ether oxygens (including phenoxy) is 1. The van der Waals surface area contributed by atoms with Gasteiger partial charge in [-0.15, -0.1) is 0 Å². The number of rotatable bonds is 4. The molecule has 1 aromatic heterocycles. The first kappa shape index (κ1) is 12.6. The van der Waals surface area contributed by atoms with Crippen LogP contribution in [0.3, 0.4) is 0 Å². The minimum absolute atomic E-state index is 0.128. The van der Waals surface area contributed by atoms with Crippen LogP contribution in [0.2, 0.25) is 0 Å². The van der Waals surface area contributed by atoms with Gasteiger partial charge in [0.15, 0.2) is 5.82 Å². The van der Waals surface area contributed by atoms with Crippen molar-refractivity contribution >= 4 is 0 Å². The van der Waals surface area contributed by atoms with E-state index in [9.17, 15) is 0 Å². The Bertz CT molecular complexity index is 521. The first-order valence-corrected chi connectivity index (χ1v) is 5.94. The molecule has 0 fully saturated rings. The Balaban J connectivity index is 2.29. The van der Waals surface area contributed by atoms with Gasteiger partial charge in [0.1, 0.15) is 11.6 Å². The van der Waals surface area contributed by atoms with Crippen LogP contribution in [0.1, 0.15) is 25.7 Å². The summed E-state index contributed by atoms with van der Waals surface area (Å²) < 4.78 is 5.18. The largest absolute Gasteiger partial charge is 0.497 e. The lowest BCUT2D eigenvalue weighted by molar-refractivity contribution is 0.415. The van der Waals surface area contributed by atoms with Crippen molar-refractivity contribution in [3.8, 4) is 17.1 Å². The Hall–Kier alpha value is -1.88. The number of aromatic amines is 1. The third-order valence-corrected chi connectivity index (χ3v) is 2.86. The molecule has 3 N–H and O–H groups in total. The molecule has 0 aliphatic heterocycles. The summed E-state index contributed by atoms with van der Waals surface area (Å²) in [4.78, 5) is 4.43. The molecule has 0 spiro atoms. The summed E-state index contributed by atoms with van der Waals surface area (Å²) in [5.41, 5.74) is 6.94. The highest BCUT2D eigenvalue weighted by Crippen LogP contribution is 2.22. The molecular weight excluding hydrogens is 228 g/mol. The van der Waals surface area contributed by atoms with E-state index in [1.54, 1.807) is 7.11 Å². The quantitative estimate of drug-likeness (QED) is 0.866. The molecule has 1 aromatic carbocycles. The van der Waals surface area contributed by atoms with E-state index in [2.05, 4.69) is 29.0 Å². The van der Waals surface area contributed by atoms with Gasteiger partial charge >= 0.3 is 0 Å². The molecule has 5 nitrogen and oxygen atoms in total. The maximum absolute atomic E-state index is 6.03.